The molecule has 5 aromatic rings. The van der Waals surface area contributed by atoms with Crippen LogP contribution in [0.1, 0.15) is 24.9 Å². The lowest BCUT2D eigenvalue weighted by Crippen LogP contribution is -2.12. The van der Waals surface area contributed by atoms with E-state index in [0.717, 1.165) is 15.8 Å². The van der Waals surface area contributed by atoms with E-state index in [2.05, 4.69) is 10.3 Å². The van der Waals surface area contributed by atoms with Crippen molar-refractivity contribution in [2.45, 2.75) is 0 Å². The van der Waals surface area contributed by atoms with Crippen LogP contribution in [0.15, 0.2) is 84.3 Å². The molecule has 0 saturated heterocycles. The molecule has 35 heavy (non-hydrogen) atoms. The van der Waals surface area contributed by atoms with Crippen LogP contribution in [0.5, 0.6) is 0 Å². The van der Waals surface area contributed by atoms with Crippen molar-refractivity contribution in [1.29, 1.82) is 0 Å². The minimum atomic E-state index is -0.332. The highest BCUT2D eigenvalue weighted by atomic mass is 35.5. The van der Waals surface area contributed by atoms with E-state index in [1.165, 1.54) is 11.3 Å². The second kappa shape index (κ2) is 9.84. The third kappa shape index (κ3) is 4.88. The zero-order chi connectivity index (χ0) is 24.4. The highest BCUT2D eigenvalue weighted by Crippen LogP contribution is 2.36. The van der Waals surface area contributed by atoms with Gasteiger partial charge in [-0.05, 0) is 66.1 Å². The molecule has 0 fully saturated rings. The van der Waals surface area contributed by atoms with Crippen molar-refractivity contribution in [3.8, 4) is 11.3 Å². The molecule has 8 heteroatoms. The maximum Gasteiger partial charge on any atom is 0.267 e. The summed E-state index contributed by atoms with van der Waals surface area (Å²) in [7, 11) is 0. The van der Waals surface area contributed by atoms with E-state index >= 15 is 0 Å². The van der Waals surface area contributed by atoms with Gasteiger partial charge in [-0.1, -0.05) is 35.9 Å². The summed E-state index contributed by atoms with van der Waals surface area (Å²) in [6.45, 7) is 0. The van der Waals surface area contributed by atoms with Crippen LogP contribution in [0.25, 0.3) is 27.6 Å². The molecule has 3 heterocycles. The fraction of sp³-hybridized carbons (Fsp3) is 0. The molecule has 0 aliphatic heterocycles. The fourth-order valence-corrected chi connectivity index (χ4v) is 5.37. The first-order valence-electron chi connectivity index (χ1n) is 10.6. The van der Waals surface area contributed by atoms with Crippen LogP contribution in [-0.2, 0) is 0 Å². The Morgan fingerprint density at radius 3 is 2.51 bits per heavy atom. The number of halogens is 1. The highest BCUT2D eigenvalue weighted by Gasteiger charge is 2.18. The van der Waals surface area contributed by atoms with Crippen molar-refractivity contribution < 1.29 is 9.59 Å². The number of fused-ring (bicyclic) bond motifs is 1. The average molecular weight is 516 g/mol. The van der Waals surface area contributed by atoms with Crippen molar-refractivity contribution in [3.63, 3.8) is 0 Å². The number of hydrogen-bond donors (Lipinski definition) is 2. The minimum absolute atomic E-state index is 0.106. The Balaban J connectivity index is 1.33. The zero-order valence-corrected chi connectivity index (χ0v) is 20.6. The number of hydrogen-bond acceptors (Lipinski definition) is 6. The summed E-state index contributed by atoms with van der Waals surface area (Å²) in [5.41, 5.74) is 9.29. The SMILES string of the molecule is Nc1c(C(=O)Nc2ccc(C(=O)/C=C/c3cccs3)cc2)sc2nc(-c3ccccc3Cl)ccc12. The first-order chi connectivity index (χ1) is 17.0. The van der Waals surface area contributed by atoms with E-state index in [0.29, 0.717) is 37.4 Å². The van der Waals surface area contributed by atoms with Crippen molar-refractivity contribution >= 4 is 73.6 Å². The quantitative estimate of drug-likeness (QED) is 0.182. The van der Waals surface area contributed by atoms with Crippen LogP contribution in [0.2, 0.25) is 5.02 Å². The normalized spacial score (nSPS) is 11.2. The van der Waals surface area contributed by atoms with E-state index in [1.807, 2.05) is 53.9 Å². The lowest BCUT2D eigenvalue weighted by Gasteiger charge is -2.05. The number of carbonyl (C=O) groups is 2. The number of thiophene rings is 2. The van der Waals surface area contributed by atoms with Gasteiger partial charge in [0.15, 0.2) is 5.78 Å². The van der Waals surface area contributed by atoms with Gasteiger partial charge >= 0.3 is 0 Å². The molecular weight excluding hydrogens is 498 g/mol. The lowest BCUT2D eigenvalue weighted by atomic mass is 10.1. The lowest BCUT2D eigenvalue weighted by molar-refractivity contribution is 0.102. The molecule has 3 N–H and O–H groups in total. The monoisotopic (exact) mass is 515 g/mol. The number of anilines is 2. The smallest absolute Gasteiger partial charge is 0.267 e. The van der Waals surface area contributed by atoms with E-state index in [1.54, 1.807) is 47.8 Å². The van der Waals surface area contributed by atoms with Gasteiger partial charge in [-0.3, -0.25) is 9.59 Å². The summed E-state index contributed by atoms with van der Waals surface area (Å²) in [6.07, 6.45) is 3.33. The topological polar surface area (TPSA) is 85.1 Å². The summed E-state index contributed by atoms with van der Waals surface area (Å²) < 4.78 is 0. The molecule has 172 valence electrons. The molecule has 0 radical (unpaired) electrons. The Kier molecular flexibility index (Phi) is 6.46. The molecular formula is C27H18ClN3O2S2. The van der Waals surface area contributed by atoms with Crippen LogP contribution in [-0.4, -0.2) is 16.7 Å². The predicted molar refractivity (Wildman–Crippen MR) is 147 cm³/mol. The molecule has 0 bridgehead atoms. The maximum atomic E-state index is 13.0. The summed E-state index contributed by atoms with van der Waals surface area (Å²) in [4.78, 5) is 32.1. The number of nitrogens with two attached hydrogens (primary N) is 1. The molecule has 5 rings (SSSR count). The molecule has 0 unspecified atom stereocenters. The van der Waals surface area contributed by atoms with Crippen molar-refractivity contribution in [2.75, 3.05) is 11.1 Å². The number of pyridine rings is 1. The molecule has 3 aromatic heterocycles. The summed E-state index contributed by atoms with van der Waals surface area (Å²) in [6, 6.07) is 21.8. The molecule has 0 saturated carbocycles. The predicted octanol–water partition coefficient (Wildman–Crippen LogP) is 7.41. The third-order valence-corrected chi connectivity index (χ3v) is 7.60. The second-order valence-corrected chi connectivity index (χ2v) is 10.0. The van der Waals surface area contributed by atoms with Gasteiger partial charge in [-0.15, -0.1) is 22.7 Å². The molecule has 0 atom stereocenters. The third-order valence-electron chi connectivity index (χ3n) is 5.32. The zero-order valence-electron chi connectivity index (χ0n) is 18.2. The Bertz CT molecular complexity index is 1570. The molecule has 1 amide bonds. The minimum Gasteiger partial charge on any atom is -0.397 e. The van der Waals surface area contributed by atoms with E-state index in [-0.39, 0.29) is 11.7 Å². The molecule has 5 nitrogen and oxygen atoms in total. The Labute approximate surface area is 214 Å². The first-order valence-corrected chi connectivity index (χ1v) is 12.7. The van der Waals surface area contributed by atoms with Gasteiger partial charge < -0.3 is 11.1 Å². The first kappa shape index (κ1) is 23.0. The van der Waals surface area contributed by atoms with Crippen LogP contribution in [0.4, 0.5) is 11.4 Å². The van der Waals surface area contributed by atoms with Gasteiger partial charge in [0.1, 0.15) is 9.71 Å². The Hall–Kier alpha value is -3.78. The number of ketones is 1. The number of rotatable bonds is 6. The Morgan fingerprint density at radius 2 is 1.77 bits per heavy atom. The van der Waals surface area contributed by atoms with Gasteiger partial charge in [0, 0.05) is 32.1 Å². The van der Waals surface area contributed by atoms with Gasteiger partial charge in [0.25, 0.3) is 5.91 Å². The van der Waals surface area contributed by atoms with E-state index < -0.39 is 0 Å². The number of nitrogens with zero attached hydrogens (tertiary/aromatic N) is 1. The number of benzene rings is 2. The molecule has 2 aromatic carbocycles. The van der Waals surface area contributed by atoms with Gasteiger partial charge in [0.2, 0.25) is 0 Å². The summed E-state index contributed by atoms with van der Waals surface area (Å²) >= 11 is 9.10. The number of nitrogens with one attached hydrogen (secondary N) is 1. The molecule has 0 aliphatic rings. The van der Waals surface area contributed by atoms with Gasteiger partial charge in [-0.2, -0.15) is 0 Å². The van der Waals surface area contributed by atoms with E-state index in [9.17, 15) is 9.59 Å². The Morgan fingerprint density at radius 1 is 0.971 bits per heavy atom. The van der Waals surface area contributed by atoms with Gasteiger partial charge in [0.05, 0.1) is 11.4 Å². The largest absolute Gasteiger partial charge is 0.397 e. The van der Waals surface area contributed by atoms with Crippen molar-refractivity contribution in [1.82, 2.24) is 4.98 Å². The number of aromatic nitrogens is 1. The average Bonchev–Trinajstić information content (AvgIpc) is 3.51. The number of carbonyl (C=O) groups excluding carboxylic acids is 2. The fourth-order valence-electron chi connectivity index (χ4n) is 3.53. The number of nitrogen functional groups attached to an aromatic ring is 1. The van der Waals surface area contributed by atoms with Crippen LogP contribution in [0.3, 0.4) is 0 Å². The number of allylic oxidation sites excluding steroid dienone is 1. The molecule has 0 aliphatic carbocycles. The van der Waals surface area contributed by atoms with Crippen molar-refractivity contribution in [2.24, 2.45) is 0 Å². The maximum absolute atomic E-state index is 13.0. The van der Waals surface area contributed by atoms with Crippen molar-refractivity contribution in [3.05, 3.63) is 105 Å². The summed E-state index contributed by atoms with van der Waals surface area (Å²) in [5, 5.41) is 6.13. The van der Waals surface area contributed by atoms with E-state index in [4.69, 9.17) is 17.3 Å². The molecule has 0 spiro atoms. The summed E-state index contributed by atoms with van der Waals surface area (Å²) in [5.74, 6) is -0.438. The second-order valence-electron chi connectivity index (χ2n) is 7.62. The standard InChI is InChI=1S/C27H18ClN3O2S2/c28-21-6-2-1-5-19(21)22-13-12-20-24(29)25(35-27(20)31-22)26(33)30-17-9-7-16(8-10-17)23(32)14-11-18-4-3-15-34-18/h1-15H,29H2,(H,30,33)/b14-11+. The van der Waals surface area contributed by atoms with Crippen LogP contribution in [0, 0.1) is 0 Å². The number of amides is 1. The highest BCUT2D eigenvalue weighted by molar-refractivity contribution is 7.21. The van der Waals surface area contributed by atoms with Crippen LogP contribution < -0.4 is 11.1 Å². The van der Waals surface area contributed by atoms with Crippen LogP contribution >= 0.6 is 34.3 Å². The van der Waals surface area contributed by atoms with Gasteiger partial charge in [-0.25, -0.2) is 4.98 Å².